The van der Waals surface area contributed by atoms with Crippen molar-refractivity contribution in [1.82, 2.24) is 9.21 Å². The SMILES string of the molecule is Cc1cc(F)ccc1S(=O)(=O)N1CCN(Cc2ccccc2Cl)CC1. The van der Waals surface area contributed by atoms with Gasteiger partial charge in [-0.25, -0.2) is 12.8 Å². The Bertz CT molecular complexity index is 865. The maximum Gasteiger partial charge on any atom is 0.243 e. The first-order chi connectivity index (χ1) is 11.9. The van der Waals surface area contributed by atoms with Crippen molar-refractivity contribution in [2.24, 2.45) is 0 Å². The van der Waals surface area contributed by atoms with Gasteiger partial charge < -0.3 is 0 Å². The summed E-state index contributed by atoms with van der Waals surface area (Å²) in [6.45, 7) is 4.38. The van der Waals surface area contributed by atoms with E-state index in [1.807, 2.05) is 24.3 Å². The van der Waals surface area contributed by atoms with Crippen LogP contribution in [0.25, 0.3) is 0 Å². The molecule has 2 aromatic rings. The molecule has 0 aromatic heterocycles. The average molecular weight is 383 g/mol. The standard InChI is InChI=1S/C18H20ClFN2O2S/c1-14-12-16(20)6-7-18(14)25(23,24)22-10-8-21(9-11-22)13-15-4-2-3-5-17(15)19/h2-7,12H,8-11,13H2,1H3. The second-order valence-corrected chi connectivity index (χ2v) is 8.50. The summed E-state index contributed by atoms with van der Waals surface area (Å²) in [5.41, 5.74) is 1.47. The van der Waals surface area contributed by atoms with Gasteiger partial charge in [-0.3, -0.25) is 4.90 Å². The van der Waals surface area contributed by atoms with E-state index in [0.717, 1.165) is 10.6 Å². The van der Waals surface area contributed by atoms with Crippen LogP contribution in [-0.4, -0.2) is 43.8 Å². The summed E-state index contributed by atoms with van der Waals surface area (Å²) in [5.74, 6) is -0.430. The summed E-state index contributed by atoms with van der Waals surface area (Å²) >= 11 is 6.19. The van der Waals surface area contributed by atoms with Crippen molar-refractivity contribution in [2.75, 3.05) is 26.2 Å². The van der Waals surface area contributed by atoms with Gasteiger partial charge >= 0.3 is 0 Å². The van der Waals surface area contributed by atoms with E-state index >= 15 is 0 Å². The zero-order chi connectivity index (χ0) is 18.0. The van der Waals surface area contributed by atoms with E-state index in [4.69, 9.17) is 11.6 Å². The summed E-state index contributed by atoms with van der Waals surface area (Å²) in [5, 5.41) is 0.722. The monoisotopic (exact) mass is 382 g/mol. The third kappa shape index (κ3) is 4.03. The fourth-order valence-corrected chi connectivity index (χ4v) is 4.86. The number of piperazine rings is 1. The Morgan fingerprint density at radius 1 is 1.08 bits per heavy atom. The topological polar surface area (TPSA) is 40.6 Å². The Morgan fingerprint density at radius 3 is 2.40 bits per heavy atom. The lowest BCUT2D eigenvalue weighted by Crippen LogP contribution is -2.48. The van der Waals surface area contributed by atoms with E-state index in [0.29, 0.717) is 38.3 Å². The number of aryl methyl sites for hydroxylation is 1. The minimum absolute atomic E-state index is 0.174. The van der Waals surface area contributed by atoms with Gasteiger partial charge in [0.2, 0.25) is 10.0 Å². The molecule has 4 nitrogen and oxygen atoms in total. The zero-order valence-electron chi connectivity index (χ0n) is 14.0. The highest BCUT2D eigenvalue weighted by Crippen LogP contribution is 2.23. The normalized spacial score (nSPS) is 16.9. The molecule has 0 aliphatic carbocycles. The highest BCUT2D eigenvalue weighted by Gasteiger charge is 2.29. The third-order valence-corrected chi connectivity index (χ3v) is 6.87. The molecule has 1 fully saturated rings. The van der Waals surface area contributed by atoms with Crippen molar-refractivity contribution in [3.63, 3.8) is 0 Å². The van der Waals surface area contributed by atoms with Crippen LogP contribution in [0.3, 0.4) is 0 Å². The van der Waals surface area contributed by atoms with E-state index in [1.165, 1.54) is 22.5 Å². The number of sulfonamides is 1. The van der Waals surface area contributed by atoms with Gasteiger partial charge in [0.15, 0.2) is 0 Å². The molecule has 0 saturated carbocycles. The van der Waals surface area contributed by atoms with Crippen LogP contribution in [0.15, 0.2) is 47.4 Å². The zero-order valence-corrected chi connectivity index (χ0v) is 15.5. The molecule has 1 aliphatic rings. The number of nitrogens with zero attached hydrogens (tertiary/aromatic N) is 2. The lowest BCUT2D eigenvalue weighted by atomic mass is 10.2. The van der Waals surface area contributed by atoms with Gasteiger partial charge in [-0.1, -0.05) is 29.8 Å². The van der Waals surface area contributed by atoms with Crippen LogP contribution in [-0.2, 0) is 16.6 Å². The van der Waals surface area contributed by atoms with Crippen LogP contribution in [0.1, 0.15) is 11.1 Å². The molecular formula is C18H20ClFN2O2S. The van der Waals surface area contributed by atoms with E-state index in [-0.39, 0.29) is 4.90 Å². The molecular weight excluding hydrogens is 363 g/mol. The molecule has 134 valence electrons. The van der Waals surface area contributed by atoms with Crippen molar-refractivity contribution in [2.45, 2.75) is 18.4 Å². The minimum Gasteiger partial charge on any atom is -0.296 e. The summed E-state index contributed by atoms with van der Waals surface area (Å²) in [6, 6.07) is 11.5. The van der Waals surface area contributed by atoms with Crippen molar-refractivity contribution >= 4 is 21.6 Å². The molecule has 0 unspecified atom stereocenters. The third-order valence-electron chi connectivity index (χ3n) is 4.44. The van der Waals surface area contributed by atoms with Crippen LogP contribution in [0.2, 0.25) is 5.02 Å². The first-order valence-electron chi connectivity index (χ1n) is 8.10. The largest absolute Gasteiger partial charge is 0.296 e. The molecule has 1 heterocycles. The number of rotatable bonds is 4. The van der Waals surface area contributed by atoms with Gasteiger partial charge in [0.05, 0.1) is 4.90 Å². The molecule has 25 heavy (non-hydrogen) atoms. The molecule has 0 atom stereocenters. The molecule has 7 heteroatoms. The van der Waals surface area contributed by atoms with Gasteiger partial charge in [0, 0.05) is 37.7 Å². The molecule has 0 spiro atoms. The Balaban J connectivity index is 1.68. The van der Waals surface area contributed by atoms with Crippen molar-refractivity contribution in [3.05, 3.63) is 64.4 Å². The van der Waals surface area contributed by atoms with Gasteiger partial charge in [-0.2, -0.15) is 4.31 Å². The Labute approximate surface area is 152 Å². The van der Waals surface area contributed by atoms with Crippen LogP contribution < -0.4 is 0 Å². The van der Waals surface area contributed by atoms with Gasteiger partial charge in [-0.05, 0) is 42.3 Å². The maximum atomic E-state index is 13.2. The Hall–Kier alpha value is -1.47. The molecule has 3 rings (SSSR count). The molecule has 2 aromatic carbocycles. The first-order valence-corrected chi connectivity index (χ1v) is 9.92. The highest BCUT2D eigenvalue weighted by molar-refractivity contribution is 7.89. The lowest BCUT2D eigenvalue weighted by molar-refractivity contribution is 0.181. The second-order valence-electron chi connectivity index (χ2n) is 6.18. The van der Waals surface area contributed by atoms with Crippen molar-refractivity contribution < 1.29 is 12.8 Å². The fraction of sp³-hybridized carbons (Fsp3) is 0.333. The minimum atomic E-state index is -3.60. The van der Waals surface area contributed by atoms with Gasteiger partial charge in [0.25, 0.3) is 0 Å². The van der Waals surface area contributed by atoms with Crippen LogP contribution in [0.5, 0.6) is 0 Å². The summed E-state index contributed by atoms with van der Waals surface area (Å²) in [4.78, 5) is 2.36. The molecule has 0 amide bonds. The van der Waals surface area contributed by atoms with Crippen LogP contribution in [0.4, 0.5) is 4.39 Å². The number of halogens is 2. The van der Waals surface area contributed by atoms with Crippen molar-refractivity contribution in [1.29, 1.82) is 0 Å². The van der Waals surface area contributed by atoms with Gasteiger partial charge in [0.1, 0.15) is 5.82 Å². The average Bonchev–Trinajstić information content (AvgIpc) is 2.57. The molecule has 1 saturated heterocycles. The lowest BCUT2D eigenvalue weighted by Gasteiger charge is -2.34. The van der Waals surface area contributed by atoms with E-state index < -0.39 is 15.8 Å². The Morgan fingerprint density at radius 2 is 1.76 bits per heavy atom. The number of hydrogen-bond donors (Lipinski definition) is 0. The van der Waals surface area contributed by atoms with Crippen LogP contribution >= 0.6 is 11.6 Å². The summed E-state index contributed by atoms with van der Waals surface area (Å²) < 4.78 is 40.3. The van der Waals surface area contributed by atoms with E-state index in [2.05, 4.69) is 4.90 Å². The molecule has 0 N–H and O–H groups in total. The van der Waals surface area contributed by atoms with Crippen molar-refractivity contribution in [3.8, 4) is 0 Å². The summed E-state index contributed by atoms with van der Waals surface area (Å²) in [6.07, 6.45) is 0. The maximum absolute atomic E-state index is 13.2. The molecule has 0 radical (unpaired) electrons. The molecule has 0 bridgehead atoms. The second kappa shape index (κ2) is 7.41. The number of benzene rings is 2. The Kier molecular flexibility index (Phi) is 5.43. The van der Waals surface area contributed by atoms with Crippen LogP contribution in [0, 0.1) is 12.7 Å². The first kappa shape index (κ1) is 18.3. The quantitative estimate of drug-likeness (QED) is 0.814. The smallest absolute Gasteiger partial charge is 0.243 e. The van der Waals surface area contributed by atoms with E-state index in [1.54, 1.807) is 6.92 Å². The summed E-state index contributed by atoms with van der Waals surface area (Å²) in [7, 11) is -3.60. The highest BCUT2D eigenvalue weighted by atomic mass is 35.5. The number of hydrogen-bond acceptors (Lipinski definition) is 3. The predicted octanol–water partition coefficient (Wildman–Crippen LogP) is 3.29. The predicted molar refractivity (Wildman–Crippen MR) is 96.6 cm³/mol. The molecule has 1 aliphatic heterocycles. The fourth-order valence-electron chi connectivity index (χ4n) is 3.04. The van der Waals surface area contributed by atoms with E-state index in [9.17, 15) is 12.8 Å². The van der Waals surface area contributed by atoms with Gasteiger partial charge in [-0.15, -0.1) is 0 Å².